The van der Waals surface area contributed by atoms with Crippen LogP contribution in [0, 0.1) is 0 Å². The minimum absolute atomic E-state index is 0.555. The fourth-order valence-corrected chi connectivity index (χ4v) is 11.1. The number of para-hydroxylation sites is 3. The molecule has 15 aromatic rings. The van der Waals surface area contributed by atoms with Gasteiger partial charge in [0.15, 0.2) is 17.5 Å². The van der Waals surface area contributed by atoms with Crippen LogP contribution in [-0.2, 0) is 0 Å². The Balaban J connectivity index is 1.06. The van der Waals surface area contributed by atoms with Crippen molar-refractivity contribution in [2.45, 2.75) is 0 Å². The number of hydrogen-bond donors (Lipinski definition) is 0. The molecule has 0 aliphatic heterocycles. The molecule has 6 nitrogen and oxygen atoms in total. The molecule has 0 atom stereocenters. The molecule has 0 spiro atoms. The third-order valence-corrected chi connectivity index (χ3v) is 14.3. The summed E-state index contributed by atoms with van der Waals surface area (Å²) in [6, 6.07) is 83.8. The monoisotopic (exact) mass is 905 g/mol. The predicted octanol–water partition coefficient (Wildman–Crippen LogP) is 16.9. The third kappa shape index (κ3) is 6.11. The Kier molecular flexibility index (Phi) is 8.56. The van der Waals surface area contributed by atoms with Gasteiger partial charge >= 0.3 is 0 Å². The molecular formula is C65H39N5O. The topological polar surface area (TPSA) is 61.7 Å². The Hall–Kier alpha value is -9.65. The minimum Gasteiger partial charge on any atom is -0.456 e. The molecule has 0 saturated carbocycles. The van der Waals surface area contributed by atoms with E-state index in [0.29, 0.717) is 17.5 Å². The van der Waals surface area contributed by atoms with Crippen LogP contribution < -0.4 is 0 Å². The van der Waals surface area contributed by atoms with Gasteiger partial charge < -0.3 is 13.6 Å². The predicted molar refractivity (Wildman–Crippen MR) is 293 cm³/mol. The third-order valence-electron chi connectivity index (χ3n) is 14.3. The van der Waals surface area contributed by atoms with Crippen molar-refractivity contribution < 1.29 is 4.42 Å². The molecule has 11 aromatic carbocycles. The van der Waals surface area contributed by atoms with Crippen LogP contribution in [0.5, 0.6) is 0 Å². The lowest BCUT2D eigenvalue weighted by atomic mass is 10.0. The first-order valence-corrected chi connectivity index (χ1v) is 24.0. The van der Waals surface area contributed by atoms with E-state index in [1.807, 2.05) is 6.07 Å². The highest BCUT2D eigenvalue weighted by atomic mass is 16.3. The first-order valence-electron chi connectivity index (χ1n) is 24.0. The standard InChI is InChI=1S/C65H39N5O/c1-3-16-40(17-4-1)41-30-32-43(33-31-41)63-66-64(50-26-15-29-56-61(50)49-25-12-14-28-55(49)69(56)46-21-5-2-6-22-46)68-65(67-63)52-38-53-60(71-59-35-34-42-18-9-10-23-47(42)62(53)59)39-58(52)70-54-27-13-11-24-48(54)51-36-44-19-7-8-20-45(44)37-57(51)70/h1-39H. The van der Waals surface area contributed by atoms with E-state index in [4.69, 9.17) is 19.4 Å². The molecule has 0 aliphatic rings. The van der Waals surface area contributed by atoms with Crippen LogP contribution in [0.1, 0.15) is 0 Å². The Morgan fingerprint density at radius 1 is 0.296 bits per heavy atom. The zero-order valence-corrected chi connectivity index (χ0v) is 38.2. The molecular weight excluding hydrogens is 867 g/mol. The maximum atomic E-state index is 6.88. The van der Waals surface area contributed by atoms with Crippen molar-refractivity contribution in [1.29, 1.82) is 0 Å². The van der Waals surface area contributed by atoms with Crippen LogP contribution in [0.3, 0.4) is 0 Å². The van der Waals surface area contributed by atoms with Crippen LogP contribution >= 0.6 is 0 Å². The van der Waals surface area contributed by atoms with E-state index in [-0.39, 0.29) is 0 Å². The van der Waals surface area contributed by atoms with Crippen molar-refractivity contribution in [2.75, 3.05) is 0 Å². The number of benzene rings is 11. The van der Waals surface area contributed by atoms with E-state index in [1.54, 1.807) is 0 Å². The van der Waals surface area contributed by atoms with E-state index in [9.17, 15) is 0 Å². The zero-order valence-electron chi connectivity index (χ0n) is 38.2. The molecule has 0 radical (unpaired) electrons. The normalized spacial score (nSPS) is 11.9. The molecule has 0 aliphatic carbocycles. The molecule has 4 heterocycles. The molecule has 0 amide bonds. The lowest BCUT2D eigenvalue weighted by Crippen LogP contribution is -2.04. The minimum atomic E-state index is 0.555. The summed E-state index contributed by atoms with van der Waals surface area (Å²) in [5, 5.41) is 11.2. The van der Waals surface area contributed by atoms with Crippen molar-refractivity contribution >= 4 is 87.1 Å². The lowest BCUT2D eigenvalue weighted by Gasteiger charge is -2.16. The summed E-state index contributed by atoms with van der Waals surface area (Å²) in [6.07, 6.45) is 0. The van der Waals surface area contributed by atoms with Crippen LogP contribution in [0.25, 0.3) is 144 Å². The Morgan fingerprint density at radius 2 is 0.887 bits per heavy atom. The van der Waals surface area contributed by atoms with E-state index in [0.717, 1.165) is 121 Å². The highest BCUT2D eigenvalue weighted by Gasteiger charge is 2.25. The first kappa shape index (κ1) is 39.4. The van der Waals surface area contributed by atoms with Gasteiger partial charge in [0, 0.05) is 60.8 Å². The largest absolute Gasteiger partial charge is 0.456 e. The Labute approximate surface area is 407 Å². The van der Waals surface area contributed by atoms with Gasteiger partial charge in [0.1, 0.15) is 11.2 Å². The second-order valence-corrected chi connectivity index (χ2v) is 18.3. The molecule has 0 N–H and O–H groups in total. The summed E-state index contributed by atoms with van der Waals surface area (Å²) in [6.45, 7) is 0. The molecule has 0 unspecified atom stereocenters. The average Bonchev–Trinajstić information content (AvgIpc) is 4.10. The van der Waals surface area contributed by atoms with E-state index in [2.05, 4.69) is 240 Å². The summed E-state index contributed by atoms with van der Waals surface area (Å²) in [5.74, 6) is 1.72. The molecule has 15 rings (SSSR count). The van der Waals surface area contributed by atoms with Crippen LogP contribution in [0.2, 0.25) is 0 Å². The summed E-state index contributed by atoms with van der Waals surface area (Å²) >= 11 is 0. The SMILES string of the molecule is c1ccc(-c2ccc(-c3nc(-c4cc5c(cc4-n4c6ccccc6c6cc7ccccc7cc64)oc4ccc6ccccc6c45)nc(-c4cccc5c4c4ccccc4n5-c4ccccc4)n3)cc2)cc1. The molecule has 4 aromatic heterocycles. The smallest absolute Gasteiger partial charge is 0.166 e. The first-order chi connectivity index (χ1) is 35.2. The van der Waals surface area contributed by atoms with Gasteiger partial charge in [-0.25, -0.2) is 15.0 Å². The zero-order chi connectivity index (χ0) is 46.6. The fourth-order valence-electron chi connectivity index (χ4n) is 11.1. The molecule has 330 valence electrons. The van der Waals surface area contributed by atoms with Crippen LogP contribution in [0.15, 0.2) is 241 Å². The number of rotatable bonds is 6. The van der Waals surface area contributed by atoms with E-state index >= 15 is 0 Å². The van der Waals surface area contributed by atoms with Crippen molar-refractivity contribution in [3.8, 4) is 56.7 Å². The second-order valence-electron chi connectivity index (χ2n) is 18.3. The highest BCUT2D eigenvalue weighted by Crippen LogP contribution is 2.44. The fraction of sp³-hybridized carbons (Fsp3) is 0. The van der Waals surface area contributed by atoms with Crippen LogP contribution in [-0.4, -0.2) is 24.1 Å². The highest BCUT2D eigenvalue weighted by molar-refractivity contribution is 6.21. The van der Waals surface area contributed by atoms with Crippen molar-refractivity contribution in [3.63, 3.8) is 0 Å². The second kappa shape index (κ2) is 15.4. The number of aromatic nitrogens is 5. The van der Waals surface area contributed by atoms with Gasteiger partial charge in [-0.1, -0.05) is 176 Å². The number of nitrogens with zero attached hydrogens (tertiary/aromatic N) is 5. The molecule has 0 fully saturated rings. The number of fused-ring (bicyclic) bond motifs is 12. The quantitative estimate of drug-likeness (QED) is 0.167. The number of furan rings is 1. The van der Waals surface area contributed by atoms with E-state index in [1.165, 1.54) is 5.39 Å². The average molecular weight is 906 g/mol. The van der Waals surface area contributed by atoms with Gasteiger partial charge in [0.05, 0.1) is 27.8 Å². The number of hydrogen-bond acceptors (Lipinski definition) is 4. The van der Waals surface area contributed by atoms with Crippen LogP contribution in [0.4, 0.5) is 0 Å². The molecule has 0 bridgehead atoms. The van der Waals surface area contributed by atoms with Gasteiger partial charge in [0.2, 0.25) is 0 Å². The summed E-state index contributed by atoms with van der Waals surface area (Å²) in [5.41, 5.74) is 12.9. The van der Waals surface area contributed by atoms with Crippen molar-refractivity contribution in [1.82, 2.24) is 24.1 Å². The van der Waals surface area contributed by atoms with E-state index < -0.39 is 0 Å². The maximum absolute atomic E-state index is 6.88. The summed E-state index contributed by atoms with van der Waals surface area (Å²) < 4.78 is 11.6. The lowest BCUT2D eigenvalue weighted by molar-refractivity contribution is 0.669. The summed E-state index contributed by atoms with van der Waals surface area (Å²) in [7, 11) is 0. The molecule has 0 saturated heterocycles. The Morgan fingerprint density at radius 3 is 1.68 bits per heavy atom. The Bertz CT molecular complexity index is 4620. The van der Waals surface area contributed by atoms with Gasteiger partial charge in [-0.05, 0) is 87.3 Å². The van der Waals surface area contributed by atoms with Gasteiger partial charge in [-0.3, -0.25) is 0 Å². The maximum Gasteiger partial charge on any atom is 0.166 e. The van der Waals surface area contributed by atoms with Gasteiger partial charge in [-0.15, -0.1) is 0 Å². The van der Waals surface area contributed by atoms with Crippen molar-refractivity contribution in [2.24, 2.45) is 0 Å². The molecule has 6 heteroatoms. The van der Waals surface area contributed by atoms with Gasteiger partial charge in [-0.2, -0.15) is 0 Å². The summed E-state index contributed by atoms with van der Waals surface area (Å²) in [4.78, 5) is 16.6. The van der Waals surface area contributed by atoms with Crippen molar-refractivity contribution in [3.05, 3.63) is 237 Å². The molecule has 71 heavy (non-hydrogen) atoms. The van der Waals surface area contributed by atoms with Gasteiger partial charge in [0.25, 0.3) is 0 Å².